The lowest BCUT2D eigenvalue weighted by Gasteiger charge is -2.41. The highest BCUT2D eigenvalue weighted by Gasteiger charge is 2.34. The Hall–Kier alpha value is -1.73. The summed E-state index contributed by atoms with van der Waals surface area (Å²) < 4.78 is 5.51. The molecule has 1 aliphatic carbocycles. The van der Waals surface area contributed by atoms with E-state index < -0.39 is 0 Å². The van der Waals surface area contributed by atoms with Crippen LogP contribution in [0.2, 0.25) is 0 Å². The van der Waals surface area contributed by atoms with Crippen molar-refractivity contribution in [1.29, 1.82) is 0 Å². The Morgan fingerprint density at radius 3 is 2.54 bits per heavy atom. The van der Waals surface area contributed by atoms with Crippen molar-refractivity contribution in [2.75, 3.05) is 50.8 Å². The van der Waals surface area contributed by atoms with Crippen LogP contribution in [-0.4, -0.2) is 72.8 Å². The maximum atomic E-state index is 12.4. The molecule has 4 heterocycles. The molecule has 1 atom stereocenters. The number of carbonyl (C=O) groups excluding carboxylic acids is 1. The van der Waals surface area contributed by atoms with E-state index in [0.29, 0.717) is 24.2 Å². The molecular weight excluding hydrogens is 354 g/mol. The molecular formula is C21H31N5O2. The summed E-state index contributed by atoms with van der Waals surface area (Å²) in [5.74, 6) is 3.08. The summed E-state index contributed by atoms with van der Waals surface area (Å²) >= 11 is 0. The lowest BCUT2D eigenvalue weighted by molar-refractivity contribution is 0.00447. The molecule has 0 radical (unpaired) electrons. The van der Waals surface area contributed by atoms with E-state index in [1.165, 1.54) is 12.8 Å². The molecule has 1 N–H and O–H groups in total. The number of ether oxygens (including phenoxy) is 1. The van der Waals surface area contributed by atoms with Crippen molar-refractivity contribution < 1.29 is 9.53 Å². The zero-order chi connectivity index (χ0) is 19.1. The molecule has 1 saturated carbocycles. The SMILES string of the molecule is CC(C1CCN(c2nc(C3CC3)nc3c2CCNC3=O)CC1)N1CCOCC1. The van der Waals surface area contributed by atoms with Crippen molar-refractivity contribution in [2.45, 2.75) is 51.0 Å². The van der Waals surface area contributed by atoms with E-state index in [9.17, 15) is 4.79 Å². The number of fused-ring (bicyclic) bond motifs is 1. The van der Waals surface area contributed by atoms with Gasteiger partial charge < -0.3 is 15.0 Å². The molecule has 5 rings (SSSR count). The van der Waals surface area contributed by atoms with Crippen molar-refractivity contribution >= 4 is 11.7 Å². The number of piperidine rings is 1. The van der Waals surface area contributed by atoms with Gasteiger partial charge >= 0.3 is 0 Å². The van der Waals surface area contributed by atoms with Gasteiger partial charge in [0.05, 0.1) is 13.2 Å². The number of nitrogens with one attached hydrogen (secondary N) is 1. The Bertz CT molecular complexity index is 737. The monoisotopic (exact) mass is 385 g/mol. The van der Waals surface area contributed by atoms with Gasteiger partial charge in [0, 0.05) is 50.2 Å². The number of anilines is 1. The zero-order valence-corrected chi connectivity index (χ0v) is 16.8. The highest BCUT2D eigenvalue weighted by molar-refractivity contribution is 5.96. The average molecular weight is 386 g/mol. The predicted molar refractivity (Wildman–Crippen MR) is 107 cm³/mol. The van der Waals surface area contributed by atoms with Crippen LogP contribution in [0.3, 0.4) is 0 Å². The maximum Gasteiger partial charge on any atom is 0.270 e. The van der Waals surface area contributed by atoms with E-state index in [4.69, 9.17) is 9.72 Å². The first-order valence-corrected chi connectivity index (χ1v) is 11.0. The molecule has 0 bridgehead atoms. The van der Waals surface area contributed by atoms with E-state index in [1.807, 2.05) is 0 Å². The Labute approximate surface area is 166 Å². The summed E-state index contributed by atoms with van der Waals surface area (Å²) in [6, 6.07) is 0.609. The average Bonchev–Trinajstić information content (AvgIpc) is 3.59. The summed E-state index contributed by atoms with van der Waals surface area (Å²) in [5, 5.41) is 2.95. The largest absolute Gasteiger partial charge is 0.379 e. The summed E-state index contributed by atoms with van der Waals surface area (Å²) in [6.45, 7) is 8.96. The van der Waals surface area contributed by atoms with E-state index in [2.05, 4.69) is 27.0 Å². The van der Waals surface area contributed by atoms with Gasteiger partial charge in [-0.1, -0.05) is 0 Å². The smallest absolute Gasteiger partial charge is 0.270 e. The van der Waals surface area contributed by atoms with E-state index >= 15 is 0 Å². The summed E-state index contributed by atoms with van der Waals surface area (Å²) in [6.07, 6.45) is 5.51. The van der Waals surface area contributed by atoms with E-state index in [1.54, 1.807) is 0 Å². The molecule has 3 fully saturated rings. The standard InChI is InChI=1S/C21H31N5O2/c1-14(25-10-12-28-13-11-25)15-5-8-26(9-6-15)20-17-4-7-22-21(27)18(17)23-19(24-20)16-2-3-16/h14-16H,2-13H2,1H3,(H,22,27). The van der Waals surface area contributed by atoms with E-state index in [0.717, 1.165) is 81.8 Å². The number of carbonyl (C=O) groups is 1. The number of hydrogen-bond acceptors (Lipinski definition) is 6. The second kappa shape index (κ2) is 7.59. The number of morpholine rings is 1. The molecule has 7 nitrogen and oxygen atoms in total. The van der Waals surface area contributed by atoms with Crippen LogP contribution in [0.15, 0.2) is 0 Å². The van der Waals surface area contributed by atoms with Crippen LogP contribution in [0.4, 0.5) is 5.82 Å². The number of nitrogens with zero attached hydrogens (tertiary/aromatic N) is 4. The minimum Gasteiger partial charge on any atom is -0.379 e. The van der Waals surface area contributed by atoms with Crippen LogP contribution in [-0.2, 0) is 11.2 Å². The van der Waals surface area contributed by atoms with E-state index in [-0.39, 0.29) is 5.91 Å². The molecule has 2 saturated heterocycles. The van der Waals surface area contributed by atoms with Gasteiger partial charge in [0.1, 0.15) is 17.3 Å². The van der Waals surface area contributed by atoms with Gasteiger partial charge in [0.25, 0.3) is 5.91 Å². The summed E-state index contributed by atoms with van der Waals surface area (Å²) in [5.41, 5.74) is 1.69. The quantitative estimate of drug-likeness (QED) is 0.849. The second-order valence-electron chi connectivity index (χ2n) is 8.73. The van der Waals surface area contributed by atoms with Crippen molar-refractivity contribution in [3.63, 3.8) is 0 Å². The highest BCUT2D eigenvalue weighted by Crippen LogP contribution is 2.40. The highest BCUT2D eigenvalue weighted by atomic mass is 16.5. The number of hydrogen-bond donors (Lipinski definition) is 1. The Morgan fingerprint density at radius 2 is 1.82 bits per heavy atom. The molecule has 0 spiro atoms. The molecule has 3 aliphatic heterocycles. The third kappa shape index (κ3) is 3.50. The van der Waals surface area contributed by atoms with Crippen LogP contribution in [0, 0.1) is 5.92 Å². The fourth-order valence-corrected chi connectivity index (χ4v) is 4.95. The first-order chi connectivity index (χ1) is 13.7. The fourth-order valence-electron chi connectivity index (χ4n) is 4.95. The van der Waals surface area contributed by atoms with Crippen molar-refractivity contribution in [1.82, 2.24) is 20.2 Å². The minimum absolute atomic E-state index is 0.0253. The molecule has 1 amide bonds. The Balaban J connectivity index is 1.32. The van der Waals surface area contributed by atoms with Crippen molar-refractivity contribution in [3.05, 3.63) is 17.1 Å². The number of amides is 1. The third-order valence-electron chi connectivity index (χ3n) is 6.96. The van der Waals surface area contributed by atoms with Crippen LogP contribution >= 0.6 is 0 Å². The first kappa shape index (κ1) is 18.3. The van der Waals surface area contributed by atoms with Crippen molar-refractivity contribution in [3.8, 4) is 0 Å². The minimum atomic E-state index is -0.0253. The van der Waals surface area contributed by atoms with Gasteiger partial charge in [-0.2, -0.15) is 0 Å². The first-order valence-electron chi connectivity index (χ1n) is 11.0. The normalized spacial score (nSPS) is 25.3. The predicted octanol–water partition coefficient (Wildman–Crippen LogP) is 1.58. The van der Waals surface area contributed by atoms with Crippen LogP contribution in [0.5, 0.6) is 0 Å². The number of rotatable bonds is 4. The molecule has 4 aliphatic rings. The maximum absolute atomic E-state index is 12.4. The lowest BCUT2D eigenvalue weighted by atomic mass is 9.89. The van der Waals surface area contributed by atoms with Gasteiger partial charge in [-0.3, -0.25) is 9.69 Å². The fraction of sp³-hybridized carbons (Fsp3) is 0.762. The van der Waals surface area contributed by atoms with Gasteiger partial charge in [-0.15, -0.1) is 0 Å². The van der Waals surface area contributed by atoms with Crippen LogP contribution in [0.1, 0.15) is 60.4 Å². The topological polar surface area (TPSA) is 70.6 Å². The van der Waals surface area contributed by atoms with Gasteiger partial charge in [-0.05, 0) is 44.9 Å². The molecule has 152 valence electrons. The molecule has 0 aromatic carbocycles. The zero-order valence-electron chi connectivity index (χ0n) is 16.8. The molecule has 28 heavy (non-hydrogen) atoms. The molecule has 7 heteroatoms. The summed E-state index contributed by atoms with van der Waals surface area (Å²) in [4.78, 5) is 27.0. The van der Waals surface area contributed by atoms with Gasteiger partial charge in [0.15, 0.2) is 0 Å². The Kier molecular flexibility index (Phi) is 4.97. The Morgan fingerprint density at radius 1 is 1.07 bits per heavy atom. The molecule has 1 aromatic heterocycles. The molecule has 1 unspecified atom stereocenters. The number of aromatic nitrogens is 2. The van der Waals surface area contributed by atoms with Crippen LogP contribution in [0.25, 0.3) is 0 Å². The second-order valence-corrected chi connectivity index (χ2v) is 8.73. The summed E-state index contributed by atoms with van der Waals surface area (Å²) in [7, 11) is 0. The van der Waals surface area contributed by atoms with Crippen molar-refractivity contribution in [2.24, 2.45) is 5.92 Å². The third-order valence-corrected chi connectivity index (χ3v) is 6.96. The molecule has 1 aromatic rings. The lowest BCUT2D eigenvalue weighted by Crippen LogP contribution is -2.48. The van der Waals surface area contributed by atoms with Gasteiger partial charge in [0.2, 0.25) is 0 Å². The van der Waals surface area contributed by atoms with Gasteiger partial charge in [-0.25, -0.2) is 9.97 Å². The van der Waals surface area contributed by atoms with Crippen LogP contribution < -0.4 is 10.2 Å².